The van der Waals surface area contributed by atoms with Crippen LogP contribution in [0.1, 0.15) is 6.92 Å². The van der Waals surface area contributed by atoms with Crippen molar-refractivity contribution in [1.29, 1.82) is 0 Å². The molecule has 0 aliphatic rings. The first-order valence-corrected chi connectivity index (χ1v) is 4.20. The maximum absolute atomic E-state index is 9.84. The molecule has 0 aromatic heterocycles. The summed E-state index contributed by atoms with van der Waals surface area (Å²) in [7, 11) is 1.31. The molecule has 0 heterocycles. The zero-order valence-corrected chi connectivity index (χ0v) is 9.42. The van der Waals surface area contributed by atoms with Crippen LogP contribution < -0.4 is 0 Å². The van der Waals surface area contributed by atoms with E-state index in [1.807, 2.05) is 0 Å². The Balaban J connectivity index is -0.000000160. The fourth-order valence-electron chi connectivity index (χ4n) is 0.0833. The third-order valence-electron chi connectivity index (χ3n) is 0.807. The molecule has 6 heteroatoms. The fraction of sp³-hybridized carbons (Fsp3) is 0.400. The molecule has 0 aliphatic heterocycles. The lowest BCUT2D eigenvalue weighted by molar-refractivity contribution is -0.135. The number of aliphatic hydroxyl groups excluding tert-OH is 2. The highest BCUT2D eigenvalue weighted by Gasteiger charge is 1.83. The van der Waals surface area contributed by atoms with Crippen LogP contribution in [0.3, 0.4) is 0 Å². The number of carbonyl (C=O) groups excluding carboxylic acids is 1. The summed E-state index contributed by atoms with van der Waals surface area (Å²) >= 11 is 0. The SMILES string of the molecule is C=CC(=O)O.C=CC(=O)OC.CC(O)CO. The second-order valence-electron chi connectivity index (χ2n) is 2.30. The molecule has 0 spiro atoms. The Morgan fingerprint density at radius 2 is 1.69 bits per heavy atom. The zero-order valence-electron chi connectivity index (χ0n) is 9.42. The molecule has 0 rings (SSSR count). The number of carboxylic acid groups (broad SMARTS) is 1. The van der Waals surface area contributed by atoms with Crippen molar-refractivity contribution < 1.29 is 29.6 Å². The van der Waals surface area contributed by atoms with Gasteiger partial charge in [0.1, 0.15) is 0 Å². The van der Waals surface area contributed by atoms with Crippen molar-refractivity contribution in [1.82, 2.24) is 0 Å². The van der Waals surface area contributed by atoms with Gasteiger partial charge >= 0.3 is 11.9 Å². The molecule has 0 fully saturated rings. The molecule has 3 N–H and O–H groups in total. The molecule has 0 bridgehead atoms. The summed E-state index contributed by atoms with van der Waals surface area (Å²) in [5.74, 6) is -1.37. The highest BCUT2D eigenvalue weighted by atomic mass is 16.5. The number of carboxylic acids is 1. The van der Waals surface area contributed by atoms with Gasteiger partial charge < -0.3 is 20.1 Å². The summed E-state index contributed by atoms with van der Waals surface area (Å²) in [6.07, 6.45) is 1.38. The van der Waals surface area contributed by atoms with Gasteiger partial charge in [0.25, 0.3) is 0 Å². The molecular formula is C10H18O6. The predicted octanol–water partition coefficient (Wildman–Crippen LogP) is -0.0381. The molecule has 94 valence electrons. The van der Waals surface area contributed by atoms with Crippen molar-refractivity contribution >= 4 is 11.9 Å². The van der Waals surface area contributed by atoms with Crippen LogP contribution in [0.5, 0.6) is 0 Å². The average Bonchev–Trinajstić information content (AvgIpc) is 2.29. The van der Waals surface area contributed by atoms with Crippen LogP contribution in [0.15, 0.2) is 25.3 Å². The molecule has 0 amide bonds. The fourth-order valence-corrected chi connectivity index (χ4v) is 0.0833. The Morgan fingerprint density at radius 1 is 1.38 bits per heavy atom. The molecule has 16 heavy (non-hydrogen) atoms. The maximum Gasteiger partial charge on any atom is 0.329 e. The lowest BCUT2D eigenvalue weighted by Gasteiger charge is -1.90. The van der Waals surface area contributed by atoms with E-state index >= 15 is 0 Å². The van der Waals surface area contributed by atoms with E-state index in [4.69, 9.17) is 15.3 Å². The topological polar surface area (TPSA) is 104 Å². The monoisotopic (exact) mass is 234 g/mol. The number of rotatable bonds is 3. The van der Waals surface area contributed by atoms with Gasteiger partial charge in [-0.2, -0.15) is 0 Å². The average molecular weight is 234 g/mol. The Hall–Kier alpha value is -1.66. The molecule has 6 nitrogen and oxygen atoms in total. The molecule has 0 aliphatic carbocycles. The second-order valence-corrected chi connectivity index (χ2v) is 2.30. The molecular weight excluding hydrogens is 216 g/mol. The van der Waals surface area contributed by atoms with Gasteiger partial charge in [-0.25, -0.2) is 9.59 Å². The summed E-state index contributed by atoms with van der Waals surface area (Å²) in [4.78, 5) is 19.1. The van der Waals surface area contributed by atoms with Crippen LogP contribution in [0, 0.1) is 0 Å². The van der Waals surface area contributed by atoms with Crippen molar-refractivity contribution in [3.63, 3.8) is 0 Å². The third kappa shape index (κ3) is 39.5. The van der Waals surface area contributed by atoms with Gasteiger partial charge in [-0.05, 0) is 6.92 Å². The highest BCUT2D eigenvalue weighted by Crippen LogP contribution is 1.68. The Bertz CT molecular complexity index is 209. The van der Waals surface area contributed by atoms with Gasteiger partial charge in [-0.3, -0.25) is 0 Å². The van der Waals surface area contributed by atoms with Crippen LogP contribution in [0.25, 0.3) is 0 Å². The summed E-state index contributed by atoms with van der Waals surface area (Å²) in [5, 5.41) is 23.6. The highest BCUT2D eigenvalue weighted by molar-refractivity contribution is 5.80. The van der Waals surface area contributed by atoms with Crippen LogP contribution >= 0.6 is 0 Å². The number of aliphatic hydroxyl groups is 2. The quantitative estimate of drug-likeness (QED) is 0.467. The van der Waals surface area contributed by atoms with Crippen LogP contribution in [0.4, 0.5) is 0 Å². The number of carbonyl (C=O) groups is 2. The third-order valence-corrected chi connectivity index (χ3v) is 0.807. The molecule has 0 saturated heterocycles. The lowest BCUT2D eigenvalue weighted by atomic mass is 10.5. The number of hydrogen-bond donors (Lipinski definition) is 3. The lowest BCUT2D eigenvalue weighted by Crippen LogP contribution is -2.03. The van der Waals surface area contributed by atoms with Crippen molar-refractivity contribution in [2.45, 2.75) is 13.0 Å². The Kier molecular flexibility index (Phi) is 19.6. The zero-order chi connectivity index (χ0) is 13.6. The van der Waals surface area contributed by atoms with E-state index in [1.165, 1.54) is 14.0 Å². The standard InChI is InChI=1S/C4H6O2.C3H8O2.C3H4O2/c1-3-4(5)6-2;1-3(5)2-4;1-2-3(4)5/h3H,1H2,2H3;3-5H,2H2,1H3;2H,1H2,(H,4,5). The van der Waals surface area contributed by atoms with Gasteiger partial charge in [-0.15, -0.1) is 0 Å². The summed E-state index contributed by atoms with van der Waals surface area (Å²) in [6, 6.07) is 0. The largest absolute Gasteiger partial charge is 0.478 e. The minimum Gasteiger partial charge on any atom is -0.478 e. The Morgan fingerprint density at radius 3 is 1.69 bits per heavy atom. The first-order chi connectivity index (χ1) is 7.35. The van der Waals surface area contributed by atoms with E-state index in [0.29, 0.717) is 0 Å². The maximum atomic E-state index is 9.84. The second kappa shape index (κ2) is 15.8. The van der Waals surface area contributed by atoms with Crippen molar-refractivity contribution in [3.05, 3.63) is 25.3 Å². The molecule has 0 aromatic rings. The molecule has 0 saturated carbocycles. The first kappa shape index (κ1) is 19.8. The van der Waals surface area contributed by atoms with Crippen LogP contribution in [-0.4, -0.2) is 47.1 Å². The van der Waals surface area contributed by atoms with Gasteiger partial charge in [0.2, 0.25) is 0 Å². The molecule has 0 aromatic carbocycles. The smallest absolute Gasteiger partial charge is 0.329 e. The summed E-state index contributed by atoms with van der Waals surface area (Å²) in [5.41, 5.74) is 0. The molecule has 0 radical (unpaired) electrons. The van der Waals surface area contributed by atoms with E-state index in [1.54, 1.807) is 0 Å². The van der Waals surface area contributed by atoms with E-state index < -0.39 is 18.0 Å². The van der Waals surface area contributed by atoms with Crippen LogP contribution in [-0.2, 0) is 14.3 Å². The van der Waals surface area contributed by atoms with Gasteiger partial charge in [-0.1, -0.05) is 13.2 Å². The van der Waals surface area contributed by atoms with Gasteiger partial charge in [0, 0.05) is 12.2 Å². The summed E-state index contributed by atoms with van der Waals surface area (Å²) in [6.45, 7) is 7.51. The first-order valence-electron chi connectivity index (χ1n) is 4.20. The van der Waals surface area contributed by atoms with Crippen molar-refractivity contribution in [2.75, 3.05) is 13.7 Å². The van der Waals surface area contributed by atoms with Crippen molar-refractivity contribution in [2.24, 2.45) is 0 Å². The van der Waals surface area contributed by atoms with Gasteiger partial charge in [0.15, 0.2) is 0 Å². The van der Waals surface area contributed by atoms with Crippen LogP contribution in [0.2, 0.25) is 0 Å². The van der Waals surface area contributed by atoms with E-state index in [-0.39, 0.29) is 6.61 Å². The predicted molar refractivity (Wildman–Crippen MR) is 58.8 cm³/mol. The number of ether oxygens (including phenoxy) is 1. The number of aliphatic carboxylic acids is 1. The van der Waals surface area contributed by atoms with E-state index in [2.05, 4.69) is 17.9 Å². The minimum atomic E-state index is -0.981. The van der Waals surface area contributed by atoms with Crippen molar-refractivity contribution in [3.8, 4) is 0 Å². The number of hydrogen-bond acceptors (Lipinski definition) is 5. The minimum absolute atomic E-state index is 0.139. The summed E-state index contributed by atoms with van der Waals surface area (Å²) < 4.78 is 4.14. The van der Waals surface area contributed by atoms with E-state index in [9.17, 15) is 9.59 Å². The molecule has 1 unspecified atom stereocenters. The Labute approximate surface area is 94.5 Å². The normalized spacial score (nSPS) is 9.25. The van der Waals surface area contributed by atoms with E-state index in [0.717, 1.165) is 12.2 Å². The molecule has 1 atom stereocenters. The van der Waals surface area contributed by atoms with Gasteiger partial charge in [0.05, 0.1) is 19.8 Å². The number of esters is 1. The number of methoxy groups -OCH3 is 1.